The quantitative estimate of drug-likeness (QED) is 0.801. The highest BCUT2D eigenvalue weighted by atomic mass is 35.5. The fraction of sp³-hybridized carbons (Fsp3) is 0.278. The van der Waals surface area contributed by atoms with Gasteiger partial charge >= 0.3 is 0 Å². The Labute approximate surface area is 157 Å². The lowest BCUT2D eigenvalue weighted by Crippen LogP contribution is -2.48. The molecule has 0 bridgehead atoms. The summed E-state index contributed by atoms with van der Waals surface area (Å²) in [6, 6.07) is 13.4. The van der Waals surface area contributed by atoms with Crippen LogP contribution in [-0.4, -0.2) is 43.8 Å². The molecule has 1 aliphatic rings. The number of hydrogen-bond acceptors (Lipinski definition) is 4. The van der Waals surface area contributed by atoms with Crippen molar-refractivity contribution in [2.45, 2.75) is 11.4 Å². The first-order valence-electron chi connectivity index (χ1n) is 8.07. The summed E-state index contributed by atoms with van der Waals surface area (Å²) in [6.07, 6.45) is 0. The van der Waals surface area contributed by atoms with Crippen molar-refractivity contribution < 1.29 is 12.8 Å². The largest absolute Gasteiger partial charge is 0.296 e. The Balaban J connectivity index is 1.66. The Morgan fingerprint density at radius 1 is 1.08 bits per heavy atom. The SMILES string of the molecule is N#Cc1ccc(CN2CCN(S(=O)(=O)c3cccc(Cl)c3F)CC2)cc1. The van der Waals surface area contributed by atoms with Crippen LogP contribution >= 0.6 is 11.6 Å². The fourth-order valence-electron chi connectivity index (χ4n) is 2.89. The molecule has 1 heterocycles. The highest BCUT2D eigenvalue weighted by molar-refractivity contribution is 7.89. The number of rotatable bonds is 4. The van der Waals surface area contributed by atoms with Gasteiger partial charge in [-0.25, -0.2) is 12.8 Å². The number of halogens is 2. The first kappa shape index (κ1) is 18.8. The molecule has 0 saturated carbocycles. The molecule has 1 saturated heterocycles. The van der Waals surface area contributed by atoms with E-state index in [4.69, 9.17) is 16.9 Å². The minimum absolute atomic E-state index is 0.203. The molecule has 0 amide bonds. The number of hydrogen-bond donors (Lipinski definition) is 0. The van der Waals surface area contributed by atoms with Gasteiger partial charge in [-0.1, -0.05) is 29.8 Å². The lowest BCUT2D eigenvalue weighted by Gasteiger charge is -2.34. The Morgan fingerprint density at radius 3 is 2.35 bits per heavy atom. The molecule has 0 radical (unpaired) electrons. The molecule has 0 aromatic heterocycles. The van der Waals surface area contributed by atoms with E-state index in [0.29, 0.717) is 25.2 Å². The maximum Gasteiger partial charge on any atom is 0.246 e. The van der Waals surface area contributed by atoms with E-state index in [2.05, 4.69) is 11.0 Å². The highest BCUT2D eigenvalue weighted by Crippen LogP contribution is 2.25. The van der Waals surface area contributed by atoms with Crippen LogP contribution in [0.2, 0.25) is 5.02 Å². The molecular formula is C18H17ClFN3O2S. The highest BCUT2D eigenvalue weighted by Gasteiger charge is 2.31. The Hall–Kier alpha value is -1.98. The molecule has 0 N–H and O–H groups in total. The molecule has 5 nitrogen and oxygen atoms in total. The van der Waals surface area contributed by atoms with Crippen LogP contribution in [0, 0.1) is 17.1 Å². The summed E-state index contributed by atoms with van der Waals surface area (Å²) in [5.41, 5.74) is 1.66. The molecule has 0 spiro atoms. The van der Waals surface area contributed by atoms with E-state index in [1.807, 2.05) is 12.1 Å². The molecular weight excluding hydrogens is 377 g/mol. The van der Waals surface area contributed by atoms with Crippen molar-refractivity contribution in [1.29, 1.82) is 5.26 Å². The van der Waals surface area contributed by atoms with Gasteiger partial charge in [0.15, 0.2) is 5.82 Å². The van der Waals surface area contributed by atoms with E-state index in [0.717, 1.165) is 5.56 Å². The topological polar surface area (TPSA) is 64.4 Å². The number of benzene rings is 2. The first-order chi connectivity index (χ1) is 12.4. The minimum Gasteiger partial charge on any atom is -0.296 e. The average Bonchev–Trinajstić information content (AvgIpc) is 2.65. The lowest BCUT2D eigenvalue weighted by molar-refractivity contribution is 0.181. The number of nitriles is 1. The second-order valence-electron chi connectivity index (χ2n) is 6.04. The first-order valence-corrected chi connectivity index (χ1v) is 9.89. The van der Waals surface area contributed by atoms with Gasteiger partial charge in [-0.2, -0.15) is 9.57 Å². The van der Waals surface area contributed by atoms with Crippen molar-refractivity contribution in [3.63, 3.8) is 0 Å². The van der Waals surface area contributed by atoms with Crippen molar-refractivity contribution in [2.75, 3.05) is 26.2 Å². The van der Waals surface area contributed by atoms with E-state index in [1.165, 1.54) is 22.5 Å². The summed E-state index contributed by atoms with van der Waals surface area (Å²) in [5.74, 6) is -0.908. The predicted octanol–water partition coefficient (Wildman–Crippen LogP) is 2.86. The number of nitrogens with zero attached hydrogens (tertiary/aromatic N) is 3. The third-order valence-electron chi connectivity index (χ3n) is 4.35. The zero-order valence-corrected chi connectivity index (χ0v) is 15.5. The van der Waals surface area contributed by atoms with Crippen molar-refractivity contribution in [3.05, 3.63) is 64.4 Å². The van der Waals surface area contributed by atoms with Crippen molar-refractivity contribution in [3.8, 4) is 6.07 Å². The standard InChI is InChI=1S/C18H17ClFN3O2S/c19-16-2-1-3-17(18(16)20)26(24,25)23-10-8-22(9-11-23)13-15-6-4-14(12-21)5-7-15/h1-7H,8-11,13H2. The van der Waals surface area contributed by atoms with Gasteiger partial charge in [0.2, 0.25) is 10.0 Å². The van der Waals surface area contributed by atoms with Crippen LogP contribution in [0.25, 0.3) is 0 Å². The van der Waals surface area contributed by atoms with Crippen LogP contribution in [0.5, 0.6) is 0 Å². The van der Waals surface area contributed by atoms with Crippen LogP contribution in [0.15, 0.2) is 47.4 Å². The number of sulfonamides is 1. The summed E-state index contributed by atoms with van der Waals surface area (Å²) >= 11 is 5.71. The summed E-state index contributed by atoms with van der Waals surface area (Å²) < 4.78 is 40.7. The molecule has 26 heavy (non-hydrogen) atoms. The molecule has 0 aliphatic carbocycles. The zero-order valence-electron chi connectivity index (χ0n) is 13.9. The lowest BCUT2D eigenvalue weighted by atomic mass is 10.1. The predicted molar refractivity (Wildman–Crippen MR) is 96.6 cm³/mol. The molecule has 2 aromatic rings. The zero-order chi connectivity index (χ0) is 18.7. The molecule has 0 atom stereocenters. The van der Waals surface area contributed by atoms with Gasteiger partial charge in [-0.15, -0.1) is 0 Å². The number of piperazine rings is 1. The van der Waals surface area contributed by atoms with Gasteiger partial charge in [0.1, 0.15) is 4.90 Å². The van der Waals surface area contributed by atoms with E-state index in [9.17, 15) is 12.8 Å². The van der Waals surface area contributed by atoms with Crippen molar-refractivity contribution in [1.82, 2.24) is 9.21 Å². The van der Waals surface area contributed by atoms with Gasteiger partial charge in [-0.05, 0) is 29.8 Å². The van der Waals surface area contributed by atoms with Crippen LogP contribution < -0.4 is 0 Å². The Morgan fingerprint density at radius 2 is 1.73 bits per heavy atom. The second kappa shape index (κ2) is 7.72. The maximum atomic E-state index is 14.1. The normalized spacial score (nSPS) is 16.3. The van der Waals surface area contributed by atoms with Gasteiger partial charge < -0.3 is 0 Å². The van der Waals surface area contributed by atoms with Gasteiger partial charge in [-0.3, -0.25) is 4.90 Å². The molecule has 8 heteroatoms. The average molecular weight is 394 g/mol. The Kier molecular flexibility index (Phi) is 5.58. The van der Waals surface area contributed by atoms with E-state index in [-0.39, 0.29) is 23.0 Å². The van der Waals surface area contributed by atoms with Gasteiger partial charge in [0.05, 0.1) is 16.7 Å². The van der Waals surface area contributed by atoms with Crippen molar-refractivity contribution in [2.24, 2.45) is 0 Å². The molecule has 0 unspecified atom stereocenters. The van der Waals surface area contributed by atoms with Crippen molar-refractivity contribution >= 4 is 21.6 Å². The third-order valence-corrected chi connectivity index (χ3v) is 6.56. The smallest absolute Gasteiger partial charge is 0.246 e. The molecule has 1 aliphatic heterocycles. The minimum atomic E-state index is -3.91. The molecule has 2 aromatic carbocycles. The van der Waals surface area contributed by atoms with Crippen LogP contribution in [-0.2, 0) is 16.6 Å². The van der Waals surface area contributed by atoms with Crippen LogP contribution in [0.3, 0.4) is 0 Å². The van der Waals surface area contributed by atoms with Gasteiger partial charge in [0.25, 0.3) is 0 Å². The molecule has 1 fully saturated rings. The van der Waals surface area contributed by atoms with Crippen LogP contribution in [0.1, 0.15) is 11.1 Å². The monoisotopic (exact) mass is 393 g/mol. The molecule has 136 valence electrons. The van der Waals surface area contributed by atoms with Gasteiger partial charge in [0, 0.05) is 32.7 Å². The summed E-state index contributed by atoms with van der Waals surface area (Å²) in [7, 11) is -3.91. The van der Waals surface area contributed by atoms with E-state index in [1.54, 1.807) is 12.1 Å². The third kappa shape index (κ3) is 3.89. The summed E-state index contributed by atoms with van der Waals surface area (Å²) in [6.45, 7) is 2.32. The van der Waals surface area contributed by atoms with E-state index >= 15 is 0 Å². The second-order valence-corrected chi connectivity index (χ2v) is 8.35. The Bertz CT molecular complexity index is 934. The van der Waals surface area contributed by atoms with E-state index < -0.39 is 15.8 Å². The summed E-state index contributed by atoms with van der Waals surface area (Å²) in [5, 5.41) is 8.62. The summed E-state index contributed by atoms with van der Waals surface area (Å²) in [4.78, 5) is 1.74. The fourth-order valence-corrected chi connectivity index (χ4v) is 4.63. The maximum absolute atomic E-state index is 14.1. The van der Waals surface area contributed by atoms with Crippen LogP contribution in [0.4, 0.5) is 4.39 Å². The molecule has 3 rings (SSSR count).